The summed E-state index contributed by atoms with van der Waals surface area (Å²) in [6, 6.07) is 2.49. The van der Waals surface area contributed by atoms with Crippen LogP contribution in [0.25, 0.3) is 0 Å². The van der Waals surface area contributed by atoms with E-state index in [0.29, 0.717) is 25.6 Å². The van der Waals surface area contributed by atoms with Crippen molar-refractivity contribution in [2.24, 2.45) is 5.73 Å². The van der Waals surface area contributed by atoms with Gasteiger partial charge in [-0.2, -0.15) is 0 Å². The van der Waals surface area contributed by atoms with E-state index >= 15 is 0 Å². The summed E-state index contributed by atoms with van der Waals surface area (Å²) < 4.78 is 30.6. The number of carbonyl (C=O) groups is 1. The lowest BCUT2D eigenvalue weighted by Crippen LogP contribution is -2.32. The molecule has 0 heterocycles. The van der Waals surface area contributed by atoms with Crippen molar-refractivity contribution in [1.29, 1.82) is 0 Å². The molecular weight excluding hydrogens is 242 g/mol. The third kappa shape index (κ3) is 4.77. The van der Waals surface area contributed by atoms with Gasteiger partial charge in [-0.05, 0) is 18.6 Å². The molecule has 6 heteroatoms. The molecule has 1 aromatic rings. The first-order valence-corrected chi connectivity index (χ1v) is 5.51. The molecule has 1 aromatic carbocycles. The summed E-state index contributed by atoms with van der Waals surface area (Å²) >= 11 is 0. The monoisotopic (exact) mass is 258 g/mol. The van der Waals surface area contributed by atoms with Crippen molar-refractivity contribution in [1.82, 2.24) is 5.32 Å². The highest BCUT2D eigenvalue weighted by Gasteiger charge is 2.09. The standard InChI is InChI=1S/C12H16F2N2O2/c1-18-7-11(15)2-3-16-12(17)8-4-9(13)6-10(14)5-8/h4-6,11H,2-3,7,15H2,1H3,(H,16,17). The number of methoxy groups -OCH3 is 1. The molecule has 1 rings (SSSR count). The number of benzene rings is 1. The van der Waals surface area contributed by atoms with E-state index < -0.39 is 17.5 Å². The fraction of sp³-hybridized carbons (Fsp3) is 0.417. The van der Waals surface area contributed by atoms with Gasteiger partial charge in [0.25, 0.3) is 5.91 Å². The van der Waals surface area contributed by atoms with Crippen molar-refractivity contribution in [2.45, 2.75) is 12.5 Å². The van der Waals surface area contributed by atoms with E-state index in [2.05, 4.69) is 5.32 Å². The van der Waals surface area contributed by atoms with Crippen LogP contribution < -0.4 is 11.1 Å². The van der Waals surface area contributed by atoms with Gasteiger partial charge in [-0.3, -0.25) is 4.79 Å². The lowest BCUT2D eigenvalue weighted by molar-refractivity contribution is 0.0949. The summed E-state index contributed by atoms with van der Waals surface area (Å²) in [6.45, 7) is 0.714. The predicted molar refractivity (Wildman–Crippen MR) is 63.2 cm³/mol. The molecule has 4 nitrogen and oxygen atoms in total. The topological polar surface area (TPSA) is 64.3 Å². The number of carbonyl (C=O) groups excluding carboxylic acids is 1. The normalized spacial score (nSPS) is 12.2. The molecule has 0 fully saturated rings. The Morgan fingerprint density at radius 2 is 2.00 bits per heavy atom. The number of halogens is 2. The number of amides is 1. The Morgan fingerprint density at radius 1 is 1.39 bits per heavy atom. The van der Waals surface area contributed by atoms with Gasteiger partial charge in [0, 0.05) is 31.3 Å². The van der Waals surface area contributed by atoms with E-state index in [1.807, 2.05) is 0 Å². The first-order chi connectivity index (χ1) is 8.52. The van der Waals surface area contributed by atoms with Crippen molar-refractivity contribution < 1.29 is 18.3 Å². The molecule has 100 valence electrons. The van der Waals surface area contributed by atoms with Gasteiger partial charge >= 0.3 is 0 Å². The van der Waals surface area contributed by atoms with Crippen LogP contribution in [0.15, 0.2) is 18.2 Å². The molecule has 0 saturated heterocycles. The molecule has 0 aliphatic carbocycles. The Morgan fingerprint density at radius 3 is 2.56 bits per heavy atom. The third-order valence-corrected chi connectivity index (χ3v) is 2.31. The average Bonchev–Trinajstić information content (AvgIpc) is 2.27. The first kappa shape index (κ1) is 14.5. The van der Waals surface area contributed by atoms with Gasteiger partial charge in [-0.15, -0.1) is 0 Å². The van der Waals surface area contributed by atoms with Crippen LogP contribution in [0.2, 0.25) is 0 Å². The summed E-state index contributed by atoms with van der Waals surface area (Å²) in [5.74, 6) is -2.09. The molecule has 1 unspecified atom stereocenters. The van der Waals surface area contributed by atoms with E-state index in [-0.39, 0.29) is 11.6 Å². The second-order valence-corrected chi connectivity index (χ2v) is 3.92. The SMILES string of the molecule is COCC(N)CCNC(=O)c1cc(F)cc(F)c1. The number of rotatable bonds is 6. The van der Waals surface area contributed by atoms with Gasteiger partial charge in [0.15, 0.2) is 0 Å². The van der Waals surface area contributed by atoms with Crippen LogP contribution in [-0.4, -0.2) is 32.2 Å². The third-order valence-electron chi connectivity index (χ3n) is 2.31. The molecule has 1 atom stereocenters. The fourth-order valence-corrected chi connectivity index (χ4v) is 1.46. The van der Waals surface area contributed by atoms with E-state index in [1.54, 1.807) is 0 Å². The molecule has 0 aliphatic heterocycles. The number of nitrogens with one attached hydrogen (secondary N) is 1. The Balaban J connectivity index is 2.45. The molecule has 0 aromatic heterocycles. The maximum atomic E-state index is 12.9. The quantitative estimate of drug-likeness (QED) is 0.802. The van der Waals surface area contributed by atoms with Crippen molar-refractivity contribution in [3.8, 4) is 0 Å². The molecule has 0 saturated carbocycles. The zero-order valence-electron chi connectivity index (χ0n) is 10.1. The smallest absolute Gasteiger partial charge is 0.251 e. The minimum Gasteiger partial charge on any atom is -0.383 e. The highest BCUT2D eigenvalue weighted by Crippen LogP contribution is 2.07. The minimum absolute atomic E-state index is 0.0483. The van der Waals surface area contributed by atoms with Crippen LogP contribution in [-0.2, 0) is 4.74 Å². The molecule has 18 heavy (non-hydrogen) atoms. The fourth-order valence-electron chi connectivity index (χ4n) is 1.46. The van der Waals surface area contributed by atoms with Gasteiger partial charge in [0.05, 0.1) is 6.61 Å². The highest BCUT2D eigenvalue weighted by molar-refractivity contribution is 5.94. The summed E-state index contributed by atoms with van der Waals surface area (Å²) in [4.78, 5) is 11.6. The van der Waals surface area contributed by atoms with Gasteiger partial charge in [-0.1, -0.05) is 0 Å². The van der Waals surface area contributed by atoms with Crippen LogP contribution in [0.3, 0.4) is 0 Å². The van der Waals surface area contributed by atoms with Crippen LogP contribution in [0, 0.1) is 11.6 Å². The first-order valence-electron chi connectivity index (χ1n) is 5.51. The van der Waals surface area contributed by atoms with Crippen molar-refractivity contribution in [2.75, 3.05) is 20.3 Å². The van der Waals surface area contributed by atoms with Gasteiger partial charge in [-0.25, -0.2) is 8.78 Å². The second-order valence-electron chi connectivity index (χ2n) is 3.92. The van der Waals surface area contributed by atoms with Gasteiger partial charge in [0.2, 0.25) is 0 Å². The lowest BCUT2D eigenvalue weighted by Gasteiger charge is -2.11. The Kier molecular flexibility index (Phi) is 5.67. The average molecular weight is 258 g/mol. The zero-order valence-corrected chi connectivity index (χ0v) is 10.1. The molecule has 0 spiro atoms. The molecular formula is C12H16F2N2O2. The second kappa shape index (κ2) is 7.03. The van der Waals surface area contributed by atoms with Crippen molar-refractivity contribution in [3.05, 3.63) is 35.4 Å². The van der Waals surface area contributed by atoms with Crippen molar-refractivity contribution >= 4 is 5.91 Å². The molecule has 0 bridgehead atoms. The number of ether oxygens (including phenoxy) is 1. The van der Waals surface area contributed by atoms with E-state index in [4.69, 9.17) is 10.5 Å². The van der Waals surface area contributed by atoms with Crippen LogP contribution in [0.1, 0.15) is 16.8 Å². The summed E-state index contributed by atoms with van der Waals surface area (Å²) in [7, 11) is 1.54. The van der Waals surface area contributed by atoms with Gasteiger partial charge < -0.3 is 15.8 Å². The number of hydrogen-bond donors (Lipinski definition) is 2. The lowest BCUT2D eigenvalue weighted by atomic mass is 10.2. The molecule has 1 amide bonds. The van der Waals surface area contributed by atoms with E-state index in [1.165, 1.54) is 7.11 Å². The molecule has 0 radical (unpaired) electrons. The largest absolute Gasteiger partial charge is 0.383 e. The summed E-state index contributed by atoms with van der Waals surface area (Å²) in [5.41, 5.74) is 5.61. The van der Waals surface area contributed by atoms with Crippen LogP contribution in [0.4, 0.5) is 8.78 Å². The predicted octanol–water partition coefficient (Wildman–Crippen LogP) is 1.06. The highest BCUT2D eigenvalue weighted by atomic mass is 19.1. The summed E-state index contributed by atoms with van der Waals surface area (Å²) in [6.07, 6.45) is 0.525. The Bertz CT molecular complexity index is 393. The number of hydrogen-bond acceptors (Lipinski definition) is 3. The number of nitrogens with two attached hydrogens (primary N) is 1. The van der Waals surface area contributed by atoms with Gasteiger partial charge in [0.1, 0.15) is 11.6 Å². The maximum absolute atomic E-state index is 12.9. The van der Waals surface area contributed by atoms with E-state index in [9.17, 15) is 13.6 Å². The van der Waals surface area contributed by atoms with Crippen molar-refractivity contribution in [3.63, 3.8) is 0 Å². The van der Waals surface area contributed by atoms with Crippen LogP contribution >= 0.6 is 0 Å². The molecule has 3 N–H and O–H groups in total. The van der Waals surface area contributed by atoms with Crippen LogP contribution in [0.5, 0.6) is 0 Å². The Hall–Kier alpha value is -1.53. The van der Waals surface area contributed by atoms with E-state index in [0.717, 1.165) is 12.1 Å². The maximum Gasteiger partial charge on any atom is 0.251 e. The molecule has 0 aliphatic rings. The Labute approximate surface area is 104 Å². The minimum atomic E-state index is -0.781. The summed E-state index contributed by atoms with van der Waals surface area (Å²) in [5, 5.41) is 2.53. The zero-order chi connectivity index (χ0) is 13.5.